The molecule has 0 spiro atoms. The van der Waals surface area contributed by atoms with E-state index < -0.39 is 0 Å². The van der Waals surface area contributed by atoms with Crippen LogP contribution in [0.5, 0.6) is 5.75 Å². The number of rotatable bonds is 1. The fourth-order valence-electron chi connectivity index (χ4n) is 1.28. The zero-order valence-corrected chi connectivity index (χ0v) is 9.30. The summed E-state index contributed by atoms with van der Waals surface area (Å²) >= 11 is 11.6. The van der Waals surface area contributed by atoms with Crippen molar-refractivity contribution in [2.24, 2.45) is 0 Å². The van der Waals surface area contributed by atoms with E-state index in [-0.39, 0.29) is 5.28 Å². The molecule has 15 heavy (non-hydrogen) atoms. The van der Waals surface area contributed by atoms with Crippen molar-refractivity contribution < 1.29 is 4.74 Å². The molecule has 0 aliphatic rings. The Hall–Kier alpha value is -1.26. The summed E-state index contributed by atoms with van der Waals surface area (Å²) in [6, 6.07) is 3.32. The van der Waals surface area contributed by atoms with Crippen LogP contribution in [0.2, 0.25) is 10.3 Å². The first-order valence-corrected chi connectivity index (χ1v) is 4.83. The molecule has 0 radical (unpaired) electrons. The number of halogens is 2. The van der Waals surface area contributed by atoms with Crippen molar-refractivity contribution in [3.05, 3.63) is 22.4 Å². The fourth-order valence-corrected chi connectivity index (χ4v) is 1.70. The average Bonchev–Trinajstić information content (AvgIpc) is 2.18. The summed E-state index contributed by atoms with van der Waals surface area (Å²) in [6.45, 7) is 0. The van der Waals surface area contributed by atoms with Crippen LogP contribution in [0.15, 0.2) is 12.1 Å². The van der Waals surface area contributed by atoms with Crippen molar-refractivity contribution in [2.75, 3.05) is 12.8 Å². The molecule has 0 amide bonds. The SMILES string of the molecule is COc1cc2nc(Cl)nc(N)c2cc1Cl. The molecule has 1 aromatic carbocycles. The van der Waals surface area contributed by atoms with Gasteiger partial charge in [-0.3, -0.25) is 0 Å². The van der Waals surface area contributed by atoms with Gasteiger partial charge in [-0.2, -0.15) is 0 Å². The maximum Gasteiger partial charge on any atom is 0.224 e. The lowest BCUT2D eigenvalue weighted by Gasteiger charge is -2.06. The molecule has 0 unspecified atom stereocenters. The lowest BCUT2D eigenvalue weighted by Crippen LogP contribution is -1.96. The summed E-state index contributed by atoms with van der Waals surface area (Å²) in [5, 5.41) is 1.22. The third-order valence-corrected chi connectivity index (χ3v) is 2.44. The van der Waals surface area contributed by atoms with Crippen LogP contribution in [0.1, 0.15) is 0 Å². The summed E-state index contributed by atoms with van der Waals surface area (Å²) in [6.07, 6.45) is 0. The van der Waals surface area contributed by atoms with Crippen molar-refractivity contribution in [2.45, 2.75) is 0 Å². The van der Waals surface area contributed by atoms with Gasteiger partial charge in [0, 0.05) is 11.5 Å². The number of benzene rings is 1. The monoisotopic (exact) mass is 243 g/mol. The zero-order chi connectivity index (χ0) is 11.0. The lowest BCUT2D eigenvalue weighted by atomic mass is 10.2. The Morgan fingerprint density at radius 3 is 2.67 bits per heavy atom. The van der Waals surface area contributed by atoms with Crippen LogP contribution in [0.25, 0.3) is 10.9 Å². The van der Waals surface area contributed by atoms with Gasteiger partial charge in [0.15, 0.2) is 0 Å². The van der Waals surface area contributed by atoms with Crippen molar-refractivity contribution in [1.82, 2.24) is 9.97 Å². The molecular formula is C9H7Cl2N3O. The Bertz CT molecular complexity index is 530. The van der Waals surface area contributed by atoms with Gasteiger partial charge in [0.25, 0.3) is 0 Å². The topological polar surface area (TPSA) is 61.0 Å². The number of nitrogens with two attached hydrogens (primary N) is 1. The van der Waals surface area contributed by atoms with E-state index in [1.54, 1.807) is 12.1 Å². The van der Waals surface area contributed by atoms with Gasteiger partial charge >= 0.3 is 0 Å². The van der Waals surface area contributed by atoms with E-state index in [1.807, 2.05) is 0 Å². The van der Waals surface area contributed by atoms with Crippen LogP contribution >= 0.6 is 23.2 Å². The molecule has 0 saturated heterocycles. The highest BCUT2D eigenvalue weighted by Gasteiger charge is 2.08. The molecule has 0 bridgehead atoms. The molecule has 0 fully saturated rings. The molecular weight excluding hydrogens is 237 g/mol. The molecule has 6 heteroatoms. The van der Waals surface area contributed by atoms with Crippen LogP contribution in [-0.4, -0.2) is 17.1 Å². The van der Waals surface area contributed by atoms with Gasteiger partial charge in [-0.25, -0.2) is 9.97 Å². The van der Waals surface area contributed by atoms with Crippen LogP contribution in [0.4, 0.5) is 5.82 Å². The normalized spacial score (nSPS) is 10.6. The molecule has 2 rings (SSSR count). The van der Waals surface area contributed by atoms with Crippen molar-refractivity contribution in [1.29, 1.82) is 0 Å². The number of nitrogens with zero attached hydrogens (tertiary/aromatic N) is 2. The number of fused-ring (bicyclic) bond motifs is 1. The van der Waals surface area contributed by atoms with E-state index in [4.69, 9.17) is 33.7 Å². The Labute approximate surface area is 96.0 Å². The minimum atomic E-state index is 0.101. The largest absolute Gasteiger partial charge is 0.495 e. The second-order valence-corrected chi connectivity index (χ2v) is 3.63. The molecule has 2 N–H and O–H groups in total. The van der Waals surface area contributed by atoms with E-state index >= 15 is 0 Å². The third-order valence-electron chi connectivity index (χ3n) is 1.97. The van der Waals surface area contributed by atoms with E-state index in [0.717, 1.165) is 0 Å². The van der Waals surface area contributed by atoms with Crippen molar-refractivity contribution >= 4 is 39.9 Å². The van der Waals surface area contributed by atoms with Crippen molar-refractivity contribution in [3.8, 4) is 5.75 Å². The zero-order valence-electron chi connectivity index (χ0n) is 7.79. The summed E-state index contributed by atoms with van der Waals surface area (Å²) < 4.78 is 5.06. The van der Waals surface area contributed by atoms with E-state index in [2.05, 4.69) is 9.97 Å². The van der Waals surface area contributed by atoms with Crippen molar-refractivity contribution in [3.63, 3.8) is 0 Å². The molecule has 0 aliphatic carbocycles. The maximum absolute atomic E-state index is 5.95. The van der Waals surface area contributed by atoms with Gasteiger partial charge < -0.3 is 10.5 Å². The summed E-state index contributed by atoms with van der Waals surface area (Å²) in [4.78, 5) is 7.85. The molecule has 1 aromatic heterocycles. The minimum absolute atomic E-state index is 0.101. The number of aromatic nitrogens is 2. The van der Waals surface area contributed by atoms with Crippen LogP contribution in [-0.2, 0) is 0 Å². The fraction of sp³-hybridized carbons (Fsp3) is 0.111. The van der Waals surface area contributed by atoms with E-state index in [1.165, 1.54) is 7.11 Å². The molecule has 0 atom stereocenters. The van der Waals surface area contributed by atoms with Crippen LogP contribution in [0.3, 0.4) is 0 Å². The first kappa shape index (κ1) is 10.3. The quantitative estimate of drug-likeness (QED) is 0.783. The van der Waals surface area contributed by atoms with Gasteiger partial charge in [-0.05, 0) is 17.7 Å². The van der Waals surface area contributed by atoms with E-state index in [9.17, 15) is 0 Å². The minimum Gasteiger partial charge on any atom is -0.495 e. The summed E-state index contributed by atoms with van der Waals surface area (Å²) in [5.41, 5.74) is 6.29. The van der Waals surface area contributed by atoms with Gasteiger partial charge in [0.2, 0.25) is 5.28 Å². The molecule has 78 valence electrons. The first-order valence-electron chi connectivity index (χ1n) is 4.08. The van der Waals surface area contributed by atoms with Gasteiger partial charge in [0.05, 0.1) is 17.6 Å². The standard InChI is InChI=1S/C9H7Cl2N3O/c1-15-7-3-6-4(2-5(7)10)8(12)14-9(11)13-6/h2-3H,1H3,(H2,12,13,14). The van der Waals surface area contributed by atoms with Gasteiger partial charge in [-0.1, -0.05) is 11.6 Å². The average molecular weight is 244 g/mol. The van der Waals surface area contributed by atoms with Crippen LogP contribution < -0.4 is 10.5 Å². The lowest BCUT2D eigenvalue weighted by molar-refractivity contribution is 0.415. The second-order valence-electron chi connectivity index (χ2n) is 2.88. The highest BCUT2D eigenvalue weighted by atomic mass is 35.5. The number of anilines is 1. The second kappa shape index (κ2) is 3.72. The number of nitrogen functional groups attached to an aromatic ring is 1. The number of ether oxygens (including phenoxy) is 1. The predicted molar refractivity (Wildman–Crippen MR) is 60.5 cm³/mol. The maximum atomic E-state index is 5.95. The number of hydrogen-bond donors (Lipinski definition) is 1. The van der Waals surface area contributed by atoms with E-state index in [0.29, 0.717) is 27.5 Å². The highest BCUT2D eigenvalue weighted by molar-refractivity contribution is 6.33. The third kappa shape index (κ3) is 1.78. The molecule has 4 nitrogen and oxygen atoms in total. The molecule has 1 heterocycles. The molecule has 0 aliphatic heterocycles. The Morgan fingerprint density at radius 1 is 1.27 bits per heavy atom. The Kier molecular flexibility index (Phi) is 2.54. The van der Waals surface area contributed by atoms with Gasteiger partial charge in [-0.15, -0.1) is 0 Å². The number of hydrogen-bond acceptors (Lipinski definition) is 4. The Balaban J connectivity index is 2.81. The predicted octanol–water partition coefficient (Wildman–Crippen LogP) is 2.53. The van der Waals surface area contributed by atoms with Crippen LogP contribution in [0, 0.1) is 0 Å². The Morgan fingerprint density at radius 2 is 2.00 bits per heavy atom. The van der Waals surface area contributed by atoms with Gasteiger partial charge in [0.1, 0.15) is 11.6 Å². The smallest absolute Gasteiger partial charge is 0.224 e. The first-order chi connectivity index (χ1) is 7.11. The summed E-state index contributed by atoms with van der Waals surface area (Å²) in [5.74, 6) is 0.827. The summed E-state index contributed by atoms with van der Waals surface area (Å²) in [7, 11) is 1.53. The highest BCUT2D eigenvalue weighted by Crippen LogP contribution is 2.31. The molecule has 2 aromatic rings. The number of methoxy groups -OCH3 is 1. The molecule has 0 saturated carbocycles.